The van der Waals surface area contributed by atoms with Crippen LogP contribution in [-0.2, 0) is 20.6 Å². The van der Waals surface area contributed by atoms with Crippen molar-refractivity contribution in [3.8, 4) is 22.9 Å². The highest BCUT2D eigenvalue weighted by molar-refractivity contribution is 5.82. The number of rotatable bonds is 4. The van der Waals surface area contributed by atoms with E-state index in [1.165, 1.54) is 11.1 Å². The highest BCUT2D eigenvalue weighted by atomic mass is 16.7. The van der Waals surface area contributed by atoms with Crippen LogP contribution in [0.2, 0.25) is 0 Å². The van der Waals surface area contributed by atoms with Gasteiger partial charge in [0.1, 0.15) is 17.9 Å². The van der Waals surface area contributed by atoms with Crippen LogP contribution in [0.25, 0.3) is 17.2 Å². The Hall–Kier alpha value is -2.98. The minimum absolute atomic E-state index is 0.102. The van der Waals surface area contributed by atoms with Crippen molar-refractivity contribution in [3.63, 3.8) is 0 Å². The van der Waals surface area contributed by atoms with E-state index in [0.717, 1.165) is 60.9 Å². The summed E-state index contributed by atoms with van der Waals surface area (Å²) >= 11 is 0. The number of nitriles is 1. The Kier molecular flexibility index (Phi) is 5.70. The third-order valence-corrected chi connectivity index (χ3v) is 7.28. The maximum atomic E-state index is 9.81. The molecule has 1 spiro atoms. The van der Waals surface area contributed by atoms with E-state index in [1.54, 1.807) is 0 Å². The molecule has 3 heterocycles. The van der Waals surface area contributed by atoms with Gasteiger partial charge in [0.25, 0.3) is 0 Å². The zero-order valence-corrected chi connectivity index (χ0v) is 19.2. The van der Waals surface area contributed by atoms with Crippen molar-refractivity contribution in [2.24, 2.45) is 0 Å². The quantitative estimate of drug-likeness (QED) is 0.647. The molecule has 1 aromatic heterocycles. The summed E-state index contributed by atoms with van der Waals surface area (Å²) in [4.78, 5) is 4.67. The second-order valence-electron chi connectivity index (χ2n) is 9.36. The first-order valence-corrected chi connectivity index (χ1v) is 12.2. The van der Waals surface area contributed by atoms with Gasteiger partial charge in [0.05, 0.1) is 37.7 Å². The SMILES string of the molecule is N#Cc1cc(-c2ccnc3c2C=C(C2=CCC4(CC2)OCCO4)C3)ccc1OC1CCOCC1. The molecule has 6 heteroatoms. The third kappa shape index (κ3) is 4.05. The Morgan fingerprint density at radius 2 is 1.91 bits per heavy atom. The molecule has 2 aliphatic heterocycles. The molecule has 6 nitrogen and oxygen atoms in total. The number of hydrogen-bond donors (Lipinski definition) is 0. The van der Waals surface area contributed by atoms with Gasteiger partial charge >= 0.3 is 0 Å². The van der Waals surface area contributed by atoms with Crippen molar-refractivity contribution < 1.29 is 18.9 Å². The third-order valence-electron chi connectivity index (χ3n) is 7.28. The summed E-state index contributed by atoms with van der Waals surface area (Å²) in [5, 5.41) is 9.81. The number of aromatic nitrogens is 1. The number of fused-ring (bicyclic) bond motifs is 1. The lowest BCUT2D eigenvalue weighted by atomic mass is 9.89. The molecule has 2 saturated heterocycles. The smallest absolute Gasteiger partial charge is 0.172 e. The van der Waals surface area contributed by atoms with Crippen LogP contribution < -0.4 is 4.74 Å². The molecule has 34 heavy (non-hydrogen) atoms. The Balaban J connectivity index is 1.26. The van der Waals surface area contributed by atoms with Crippen LogP contribution in [0.15, 0.2) is 47.7 Å². The van der Waals surface area contributed by atoms with Crippen LogP contribution in [0.3, 0.4) is 0 Å². The van der Waals surface area contributed by atoms with Crippen molar-refractivity contribution in [1.29, 1.82) is 5.26 Å². The fourth-order valence-electron chi connectivity index (χ4n) is 5.40. The topological polar surface area (TPSA) is 73.6 Å². The van der Waals surface area contributed by atoms with Crippen molar-refractivity contribution >= 4 is 6.08 Å². The van der Waals surface area contributed by atoms with Gasteiger partial charge in [0.2, 0.25) is 0 Å². The standard InChI is InChI=1S/C28H28N2O4/c29-18-22-15-20(1-2-27(22)34-23-6-11-31-12-7-23)24-5-10-30-26-17-21(16-25(24)26)19-3-8-28(9-4-19)32-13-14-33-28/h1-3,5,10,15-16,23H,4,6-9,11-14,17H2. The number of hydrogen-bond acceptors (Lipinski definition) is 6. The zero-order valence-electron chi connectivity index (χ0n) is 19.2. The largest absolute Gasteiger partial charge is 0.489 e. The highest BCUT2D eigenvalue weighted by Gasteiger charge is 2.38. The normalized spacial score (nSPS) is 21.6. The highest BCUT2D eigenvalue weighted by Crippen LogP contribution is 2.42. The maximum absolute atomic E-state index is 9.81. The van der Waals surface area contributed by atoms with Crippen LogP contribution in [-0.4, -0.2) is 43.3 Å². The summed E-state index contributed by atoms with van der Waals surface area (Å²) in [5.74, 6) is 0.249. The van der Waals surface area contributed by atoms with Gasteiger partial charge in [-0.2, -0.15) is 5.26 Å². The average Bonchev–Trinajstić information content (AvgIpc) is 3.53. The Bertz CT molecular complexity index is 1200. The lowest BCUT2D eigenvalue weighted by Crippen LogP contribution is -2.31. The van der Waals surface area contributed by atoms with Gasteiger partial charge in [0, 0.05) is 43.9 Å². The van der Waals surface area contributed by atoms with Crippen LogP contribution in [0.1, 0.15) is 48.9 Å². The molecule has 0 N–H and O–H groups in total. The van der Waals surface area contributed by atoms with Gasteiger partial charge < -0.3 is 18.9 Å². The monoisotopic (exact) mass is 456 g/mol. The second kappa shape index (κ2) is 8.99. The molecular weight excluding hydrogens is 428 g/mol. The Morgan fingerprint density at radius 1 is 1.06 bits per heavy atom. The molecule has 0 amide bonds. The molecule has 2 fully saturated rings. The number of nitrogens with zero attached hydrogens (tertiary/aromatic N) is 2. The zero-order chi connectivity index (χ0) is 23.0. The lowest BCUT2D eigenvalue weighted by molar-refractivity contribution is -0.161. The molecule has 174 valence electrons. The van der Waals surface area contributed by atoms with Gasteiger partial charge in [0.15, 0.2) is 5.79 Å². The molecule has 4 aliphatic rings. The number of allylic oxidation sites excluding steroid dienone is 2. The molecule has 6 rings (SSSR count). The first-order valence-electron chi connectivity index (χ1n) is 12.2. The molecule has 2 aromatic rings. The van der Waals surface area contributed by atoms with E-state index in [0.29, 0.717) is 37.7 Å². The molecule has 0 bridgehead atoms. The molecular formula is C28H28N2O4. The summed E-state index contributed by atoms with van der Waals surface area (Å²) in [6.45, 7) is 2.79. The number of ether oxygens (including phenoxy) is 4. The van der Waals surface area contributed by atoms with Crippen molar-refractivity contribution in [2.45, 2.75) is 50.4 Å². The minimum Gasteiger partial charge on any atom is -0.489 e. The van der Waals surface area contributed by atoms with Crippen LogP contribution in [0, 0.1) is 11.3 Å². The van der Waals surface area contributed by atoms with Gasteiger partial charge in [-0.1, -0.05) is 12.1 Å². The van der Waals surface area contributed by atoms with Crippen molar-refractivity contribution in [3.05, 3.63) is 64.5 Å². The number of benzene rings is 1. The fourth-order valence-corrected chi connectivity index (χ4v) is 5.40. The second-order valence-corrected chi connectivity index (χ2v) is 9.36. The fraction of sp³-hybridized carbons (Fsp3) is 0.429. The van der Waals surface area contributed by atoms with E-state index in [9.17, 15) is 5.26 Å². The lowest BCUT2D eigenvalue weighted by Gasteiger charge is -2.31. The maximum Gasteiger partial charge on any atom is 0.172 e. The molecule has 0 saturated carbocycles. The molecule has 0 unspecified atom stereocenters. The Morgan fingerprint density at radius 3 is 2.68 bits per heavy atom. The predicted molar refractivity (Wildman–Crippen MR) is 127 cm³/mol. The Labute approximate surface area is 199 Å². The first-order chi connectivity index (χ1) is 16.7. The molecule has 0 radical (unpaired) electrons. The summed E-state index contributed by atoms with van der Waals surface area (Å²) < 4.78 is 23.3. The van der Waals surface area contributed by atoms with Crippen LogP contribution in [0.4, 0.5) is 0 Å². The van der Waals surface area contributed by atoms with E-state index >= 15 is 0 Å². The van der Waals surface area contributed by atoms with E-state index < -0.39 is 5.79 Å². The first kappa shape index (κ1) is 21.5. The van der Waals surface area contributed by atoms with Crippen molar-refractivity contribution in [2.75, 3.05) is 26.4 Å². The van der Waals surface area contributed by atoms with Crippen LogP contribution in [0.5, 0.6) is 5.75 Å². The minimum atomic E-state index is -0.402. The predicted octanol–water partition coefficient (Wildman–Crippen LogP) is 4.97. The molecule has 0 atom stereocenters. The van der Waals surface area contributed by atoms with Crippen LogP contribution >= 0.6 is 0 Å². The summed E-state index contributed by atoms with van der Waals surface area (Å²) in [6.07, 6.45) is 11.7. The van der Waals surface area contributed by atoms with Gasteiger partial charge in [-0.15, -0.1) is 0 Å². The van der Waals surface area contributed by atoms with E-state index in [1.807, 2.05) is 24.4 Å². The summed E-state index contributed by atoms with van der Waals surface area (Å²) in [5.41, 5.74) is 7.60. The average molecular weight is 457 g/mol. The van der Waals surface area contributed by atoms with E-state index in [-0.39, 0.29) is 6.10 Å². The number of pyridine rings is 1. The summed E-state index contributed by atoms with van der Waals surface area (Å²) in [7, 11) is 0. The van der Waals surface area contributed by atoms with E-state index in [4.69, 9.17) is 18.9 Å². The van der Waals surface area contributed by atoms with Crippen molar-refractivity contribution in [1.82, 2.24) is 4.98 Å². The summed E-state index contributed by atoms with van der Waals surface area (Å²) in [6, 6.07) is 10.3. The molecule has 2 aliphatic carbocycles. The van der Waals surface area contributed by atoms with Gasteiger partial charge in [-0.25, -0.2) is 0 Å². The van der Waals surface area contributed by atoms with E-state index in [2.05, 4.69) is 29.3 Å². The van der Waals surface area contributed by atoms with Gasteiger partial charge in [-0.05, 0) is 53.0 Å². The molecule has 1 aromatic carbocycles. The van der Waals surface area contributed by atoms with Gasteiger partial charge in [-0.3, -0.25) is 4.98 Å².